The third-order valence-corrected chi connectivity index (χ3v) is 3.55. The van der Waals surface area contributed by atoms with Crippen molar-refractivity contribution in [3.8, 4) is 0 Å². The van der Waals surface area contributed by atoms with E-state index in [0.29, 0.717) is 5.92 Å². The number of hydrogen-bond acceptors (Lipinski definition) is 2. The minimum absolute atomic E-state index is 0.655. The summed E-state index contributed by atoms with van der Waals surface area (Å²) in [5, 5.41) is 0. The molecule has 1 aromatic carbocycles. The molecule has 0 saturated heterocycles. The SMILES string of the molecule is CN.O=CCC1CCC(c2ccccc2)CC1. The van der Waals surface area contributed by atoms with Crippen molar-refractivity contribution >= 4 is 6.29 Å². The number of aldehydes is 1. The smallest absolute Gasteiger partial charge is 0.120 e. The average Bonchev–Trinajstić information content (AvgIpc) is 2.43. The van der Waals surface area contributed by atoms with Crippen molar-refractivity contribution in [3.05, 3.63) is 35.9 Å². The zero-order chi connectivity index (χ0) is 12.5. The Kier molecular flexibility index (Phi) is 6.56. The number of carbonyl (C=O) groups is 1. The Balaban J connectivity index is 0.000000686. The molecule has 0 aromatic heterocycles. The molecular weight excluding hydrogens is 210 g/mol. The second-order valence-corrected chi connectivity index (χ2v) is 4.53. The lowest BCUT2D eigenvalue weighted by atomic mass is 9.78. The van der Waals surface area contributed by atoms with Crippen LogP contribution in [-0.4, -0.2) is 13.3 Å². The lowest BCUT2D eigenvalue weighted by molar-refractivity contribution is -0.108. The third kappa shape index (κ3) is 4.31. The summed E-state index contributed by atoms with van der Waals surface area (Å²) in [6.07, 6.45) is 6.79. The molecule has 0 aliphatic heterocycles. The average molecular weight is 233 g/mol. The molecule has 17 heavy (non-hydrogen) atoms. The fraction of sp³-hybridized carbons (Fsp3) is 0.533. The van der Waals surface area contributed by atoms with Crippen LogP contribution >= 0.6 is 0 Å². The van der Waals surface area contributed by atoms with Gasteiger partial charge in [-0.05, 0) is 50.1 Å². The summed E-state index contributed by atoms with van der Waals surface area (Å²) in [5.41, 5.74) is 5.97. The molecule has 0 amide bonds. The van der Waals surface area contributed by atoms with Gasteiger partial charge in [-0.15, -0.1) is 0 Å². The van der Waals surface area contributed by atoms with Crippen LogP contribution in [0.5, 0.6) is 0 Å². The molecule has 0 atom stereocenters. The van der Waals surface area contributed by atoms with Crippen molar-refractivity contribution in [1.29, 1.82) is 0 Å². The highest BCUT2D eigenvalue weighted by atomic mass is 16.1. The molecule has 1 saturated carbocycles. The van der Waals surface area contributed by atoms with E-state index < -0.39 is 0 Å². The third-order valence-electron chi connectivity index (χ3n) is 3.55. The van der Waals surface area contributed by atoms with Crippen molar-refractivity contribution in [2.24, 2.45) is 11.7 Å². The first-order chi connectivity index (χ1) is 8.40. The maximum atomic E-state index is 10.4. The lowest BCUT2D eigenvalue weighted by Crippen LogP contribution is -2.13. The summed E-state index contributed by atoms with van der Waals surface area (Å²) >= 11 is 0. The van der Waals surface area contributed by atoms with E-state index in [-0.39, 0.29) is 0 Å². The van der Waals surface area contributed by atoms with E-state index in [1.54, 1.807) is 0 Å². The fourth-order valence-electron chi connectivity index (χ4n) is 2.59. The fourth-order valence-corrected chi connectivity index (χ4v) is 2.59. The van der Waals surface area contributed by atoms with E-state index in [2.05, 4.69) is 36.1 Å². The molecule has 1 fully saturated rings. The van der Waals surface area contributed by atoms with Crippen LogP contribution in [0, 0.1) is 5.92 Å². The molecule has 0 spiro atoms. The molecule has 1 aromatic rings. The Morgan fingerprint density at radius 3 is 2.24 bits per heavy atom. The van der Waals surface area contributed by atoms with E-state index in [4.69, 9.17) is 0 Å². The van der Waals surface area contributed by atoms with Gasteiger partial charge < -0.3 is 10.5 Å². The Morgan fingerprint density at radius 2 is 1.71 bits per heavy atom. The van der Waals surface area contributed by atoms with E-state index in [9.17, 15) is 4.79 Å². The predicted octanol–water partition coefficient (Wildman–Crippen LogP) is 3.12. The molecule has 2 rings (SSSR count). The second-order valence-electron chi connectivity index (χ2n) is 4.53. The molecule has 1 aliphatic carbocycles. The van der Waals surface area contributed by atoms with Gasteiger partial charge in [0.1, 0.15) is 6.29 Å². The summed E-state index contributed by atoms with van der Waals surface area (Å²) in [6.45, 7) is 0. The van der Waals surface area contributed by atoms with Crippen molar-refractivity contribution in [2.75, 3.05) is 7.05 Å². The van der Waals surface area contributed by atoms with Crippen LogP contribution in [0.1, 0.15) is 43.6 Å². The molecule has 2 N–H and O–H groups in total. The monoisotopic (exact) mass is 233 g/mol. The standard InChI is InChI=1S/C14H18O.CH5N/c15-11-10-12-6-8-14(9-7-12)13-4-2-1-3-5-13;1-2/h1-5,11-12,14H,6-10H2;2H2,1H3. The maximum Gasteiger partial charge on any atom is 0.120 e. The van der Waals surface area contributed by atoms with Crippen LogP contribution in [0.4, 0.5) is 0 Å². The zero-order valence-corrected chi connectivity index (χ0v) is 10.6. The van der Waals surface area contributed by atoms with Gasteiger partial charge in [0.2, 0.25) is 0 Å². The van der Waals surface area contributed by atoms with E-state index in [0.717, 1.165) is 18.6 Å². The van der Waals surface area contributed by atoms with Gasteiger partial charge in [-0.25, -0.2) is 0 Å². The topological polar surface area (TPSA) is 43.1 Å². The highest BCUT2D eigenvalue weighted by Gasteiger charge is 2.21. The van der Waals surface area contributed by atoms with E-state index in [1.807, 2.05) is 0 Å². The van der Waals surface area contributed by atoms with Gasteiger partial charge in [-0.3, -0.25) is 0 Å². The maximum absolute atomic E-state index is 10.4. The van der Waals surface area contributed by atoms with Gasteiger partial charge >= 0.3 is 0 Å². The van der Waals surface area contributed by atoms with Crippen LogP contribution < -0.4 is 5.73 Å². The van der Waals surface area contributed by atoms with Crippen molar-refractivity contribution in [1.82, 2.24) is 0 Å². The molecule has 0 bridgehead atoms. The number of rotatable bonds is 3. The zero-order valence-electron chi connectivity index (χ0n) is 10.6. The number of carbonyl (C=O) groups excluding carboxylic acids is 1. The second kappa shape index (κ2) is 8.02. The van der Waals surface area contributed by atoms with Gasteiger partial charge in [-0.1, -0.05) is 30.3 Å². The quantitative estimate of drug-likeness (QED) is 0.815. The predicted molar refractivity (Wildman–Crippen MR) is 71.9 cm³/mol. The summed E-state index contributed by atoms with van der Waals surface area (Å²) in [4.78, 5) is 10.4. The highest BCUT2D eigenvalue weighted by Crippen LogP contribution is 2.36. The Bertz CT molecular complexity index is 302. The molecule has 2 nitrogen and oxygen atoms in total. The Morgan fingerprint density at radius 1 is 1.12 bits per heavy atom. The molecule has 0 heterocycles. The molecule has 0 unspecified atom stereocenters. The first-order valence-corrected chi connectivity index (χ1v) is 6.46. The highest BCUT2D eigenvalue weighted by molar-refractivity contribution is 5.49. The summed E-state index contributed by atoms with van der Waals surface area (Å²) < 4.78 is 0. The Hall–Kier alpha value is -1.15. The summed E-state index contributed by atoms with van der Waals surface area (Å²) in [5.74, 6) is 1.39. The van der Waals surface area contributed by atoms with Crippen LogP contribution in [0.3, 0.4) is 0 Å². The molecule has 0 radical (unpaired) electrons. The van der Waals surface area contributed by atoms with Gasteiger partial charge in [0.05, 0.1) is 0 Å². The first-order valence-electron chi connectivity index (χ1n) is 6.46. The molecule has 2 heteroatoms. The van der Waals surface area contributed by atoms with E-state index in [1.165, 1.54) is 38.3 Å². The largest absolute Gasteiger partial charge is 0.333 e. The van der Waals surface area contributed by atoms with Gasteiger partial charge in [0.15, 0.2) is 0 Å². The molecular formula is C15H23NO. The molecule has 94 valence electrons. The normalized spacial score (nSPS) is 23.4. The van der Waals surface area contributed by atoms with E-state index >= 15 is 0 Å². The minimum Gasteiger partial charge on any atom is -0.333 e. The number of hydrogen-bond donors (Lipinski definition) is 1. The number of nitrogens with two attached hydrogens (primary N) is 1. The number of benzene rings is 1. The minimum atomic E-state index is 0.655. The van der Waals surface area contributed by atoms with Crippen molar-refractivity contribution < 1.29 is 4.79 Å². The van der Waals surface area contributed by atoms with Crippen LogP contribution in [0.2, 0.25) is 0 Å². The van der Waals surface area contributed by atoms with Crippen molar-refractivity contribution in [2.45, 2.75) is 38.0 Å². The van der Waals surface area contributed by atoms with Gasteiger partial charge in [0.25, 0.3) is 0 Å². The van der Waals surface area contributed by atoms with Crippen LogP contribution in [-0.2, 0) is 4.79 Å². The van der Waals surface area contributed by atoms with Crippen LogP contribution in [0.25, 0.3) is 0 Å². The van der Waals surface area contributed by atoms with Crippen molar-refractivity contribution in [3.63, 3.8) is 0 Å². The Labute approximate surface area is 104 Å². The molecule has 1 aliphatic rings. The lowest BCUT2D eigenvalue weighted by Gasteiger charge is -2.27. The van der Waals surface area contributed by atoms with Crippen LogP contribution in [0.15, 0.2) is 30.3 Å². The van der Waals surface area contributed by atoms with Gasteiger partial charge in [-0.2, -0.15) is 0 Å². The first kappa shape index (κ1) is 13.9. The van der Waals surface area contributed by atoms with Gasteiger partial charge in [0, 0.05) is 6.42 Å². The summed E-state index contributed by atoms with van der Waals surface area (Å²) in [7, 11) is 1.50. The summed E-state index contributed by atoms with van der Waals surface area (Å²) in [6, 6.07) is 10.8.